The average molecular weight is 228 g/mol. The van der Waals surface area contributed by atoms with E-state index in [4.69, 9.17) is 4.74 Å². The number of guanidine groups is 1. The minimum atomic E-state index is -0.660. The van der Waals surface area contributed by atoms with Crippen LogP contribution in [0.15, 0.2) is 5.10 Å². The van der Waals surface area contributed by atoms with Gasteiger partial charge in [-0.1, -0.05) is 0 Å². The Balaban J connectivity index is 1.81. The Labute approximate surface area is 93.6 Å². The third-order valence-electron chi connectivity index (χ3n) is 2.89. The second-order valence-electron chi connectivity index (χ2n) is 4.00. The van der Waals surface area contributed by atoms with E-state index in [2.05, 4.69) is 10.4 Å². The smallest absolute Gasteiger partial charge is 0.271 e. The molecule has 0 aromatic rings. The van der Waals surface area contributed by atoms with Crippen molar-refractivity contribution < 1.29 is 9.77 Å². The maximum atomic E-state index is 10.3. The summed E-state index contributed by atoms with van der Waals surface area (Å²) < 4.78 is 5.51. The van der Waals surface area contributed by atoms with Gasteiger partial charge in [0.2, 0.25) is 0 Å². The summed E-state index contributed by atoms with van der Waals surface area (Å²) in [6.07, 6.45) is 3.46. The summed E-state index contributed by atoms with van der Waals surface area (Å²) in [6, 6.07) is 0. The number of nitro groups is 1. The van der Waals surface area contributed by atoms with Crippen molar-refractivity contribution in [2.24, 2.45) is 5.10 Å². The molecule has 0 bridgehead atoms. The number of hydrogen-bond acceptors (Lipinski definition) is 3. The van der Waals surface area contributed by atoms with Crippen LogP contribution >= 0.6 is 0 Å². The molecule has 0 amide bonds. The molecule has 0 aromatic carbocycles. The molecule has 90 valence electrons. The van der Waals surface area contributed by atoms with E-state index in [0.717, 1.165) is 45.5 Å². The van der Waals surface area contributed by atoms with Crippen molar-refractivity contribution in [3.8, 4) is 0 Å². The van der Waals surface area contributed by atoms with Gasteiger partial charge in [-0.25, -0.2) is 10.1 Å². The number of nitrogens with zero attached hydrogens (tertiary/aromatic N) is 3. The molecule has 7 heteroatoms. The van der Waals surface area contributed by atoms with Crippen molar-refractivity contribution in [3.63, 3.8) is 0 Å². The topological polar surface area (TPSA) is 80.0 Å². The fraction of sp³-hybridized carbons (Fsp3) is 0.889. The molecule has 0 aliphatic carbocycles. The van der Waals surface area contributed by atoms with Gasteiger partial charge in [-0.2, -0.15) is 0 Å². The maximum Gasteiger partial charge on any atom is 0.271 e. The molecule has 0 saturated carbocycles. The number of ether oxygens (including phenoxy) is 1. The van der Waals surface area contributed by atoms with E-state index in [1.165, 1.54) is 0 Å². The molecule has 0 spiro atoms. The van der Waals surface area contributed by atoms with Crippen molar-refractivity contribution in [1.82, 2.24) is 10.2 Å². The SMILES string of the molecule is O=[N+]([O-])/N=C1\NCCN1CCC1CCCO1. The van der Waals surface area contributed by atoms with Crippen molar-refractivity contribution in [3.05, 3.63) is 10.1 Å². The van der Waals surface area contributed by atoms with E-state index < -0.39 is 5.03 Å². The van der Waals surface area contributed by atoms with E-state index in [1.807, 2.05) is 4.90 Å². The van der Waals surface area contributed by atoms with Crippen molar-refractivity contribution in [1.29, 1.82) is 0 Å². The summed E-state index contributed by atoms with van der Waals surface area (Å²) in [7, 11) is 0. The summed E-state index contributed by atoms with van der Waals surface area (Å²) in [6.45, 7) is 3.11. The minimum Gasteiger partial charge on any atom is -0.378 e. The summed E-state index contributed by atoms with van der Waals surface area (Å²) in [5, 5.41) is 15.9. The molecule has 1 unspecified atom stereocenters. The van der Waals surface area contributed by atoms with Crippen LogP contribution in [0.4, 0.5) is 0 Å². The number of nitrogens with one attached hydrogen (secondary N) is 1. The molecule has 2 aliphatic heterocycles. The van der Waals surface area contributed by atoms with Crippen LogP contribution in [0.1, 0.15) is 19.3 Å². The third-order valence-corrected chi connectivity index (χ3v) is 2.89. The lowest BCUT2D eigenvalue weighted by Gasteiger charge is -2.17. The van der Waals surface area contributed by atoms with Gasteiger partial charge in [0, 0.05) is 26.2 Å². The predicted molar refractivity (Wildman–Crippen MR) is 57.6 cm³/mol. The van der Waals surface area contributed by atoms with Crippen LogP contribution < -0.4 is 5.32 Å². The number of hydrogen-bond donors (Lipinski definition) is 1. The first-order chi connectivity index (χ1) is 7.75. The second-order valence-corrected chi connectivity index (χ2v) is 4.00. The Hall–Kier alpha value is -1.37. The Bertz CT molecular complexity index is 288. The molecule has 2 heterocycles. The van der Waals surface area contributed by atoms with Crippen LogP contribution in [-0.4, -0.2) is 48.2 Å². The van der Waals surface area contributed by atoms with Crippen LogP contribution in [-0.2, 0) is 4.74 Å². The monoisotopic (exact) mass is 228 g/mol. The normalized spacial score (nSPS) is 27.4. The Morgan fingerprint density at radius 1 is 1.69 bits per heavy atom. The molecule has 7 nitrogen and oxygen atoms in total. The molecule has 1 atom stereocenters. The van der Waals surface area contributed by atoms with Crippen LogP contribution in [0.5, 0.6) is 0 Å². The van der Waals surface area contributed by atoms with Gasteiger partial charge < -0.3 is 15.0 Å². The van der Waals surface area contributed by atoms with Gasteiger partial charge in [0.1, 0.15) is 5.10 Å². The van der Waals surface area contributed by atoms with Gasteiger partial charge in [0.25, 0.3) is 5.96 Å². The molecule has 2 saturated heterocycles. The third kappa shape index (κ3) is 2.82. The molecule has 0 radical (unpaired) electrons. The van der Waals surface area contributed by atoms with E-state index in [1.54, 1.807) is 0 Å². The summed E-state index contributed by atoms with van der Waals surface area (Å²) >= 11 is 0. The maximum absolute atomic E-state index is 10.3. The van der Waals surface area contributed by atoms with Gasteiger partial charge in [0.05, 0.1) is 6.10 Å². The van der Waals surface area contributed by atoms with Gasteiger partial charge in [-0.05, 0) is 19.3 Å². The minimum absolute atomic E-state index is 0.317. The van der Waals surface area contributed by atoms with Gasteiger partial charge in [-0.15, -0.1) is 0 Å². The first-order valence-electron chi connectivity index (χ1n) is 5.59. The molecule has 0 aromatic heterocycles. The predicted octanol–water partition coefficient (Wildman–Crippen LogP) is 0.00840. The first kappa shape index (κ1) is 11.1. The van der Waals surface area contributed by atoms with Crippen LogP contribution in [0, 0.1) is 10.1 Å². The molecular weight excluding hydrogens is 212 g/mol. The quantitative estimate of drug-likeness (QED) is 0.541. The Morgan fingerprint density at radius 3 is 3.25 bits per heavy atom. The Kier molecular flexibility index (Phi) is 3.55. The standard InChI is InChI=1S/C9H16N4O3/c14-13(15)11-9-10-4-6-12(9)5-3-8-2-1-7-16-8/h8H,1-7H2,(H,10,11). The molecule has 2 rings (SSSR count). The van der Waals surface area contributed by atoms with E-state index in [9.17, 15) is 10.1 Å². The van der Waals surface area contributed by atoms with Gasteiger partial charge in [0.15, 0.2) is 5.03 Å². The zero-order chi connectivity index (χ0) is 11.4. The summed E-state index contributed by atoms with van der Waals surface area (Å²) in [5.41, 5.74) is 0. The van der Waals surface area contributed by atoms with Crippen molar-refractivity contribution in [2.75, 3.05) is 26.2 Å². The number of hydrazone groups is 1. The summed E-state index contributed by atoms with van der Waals surface area (Å²) in [4.78, 5) is 12.2. The van der Waals surface area contributed by atoms with E-state index in [0.29, 0.717) is 12.1 Å². The largest absolute Gasteiger partial charge is 0.378 e. The lowest BCUT2D eigenvalue weighted by Crippen LogP contribution is -2.33. The average Bonchev–Trinajstić information content (AvgIpc) is 2.84. The first-order valence-corrected chi connectivity index (χ1v) is 5.59. The van der Waals surface area contributed by atoms with Gasteiger partial charge >= 0.3 is 0 Å². The zero-order valence-corrected chi connectivity index (χ0v) is 9.09. The molecule has 16 heavy (non-hydrogen) atoms. The van der Waals surface area contributed by atoms with Crippen LogP contribution in [0.25, 0.3) is 0 Å². The van der Waals surface area contributed by atoms with Crippen molar-refractivity contribution in [2.45, 2.75) is 25.4 Å². The summed E-state index contributed by atoms with van der Waals surface area (Å²) in [5.74, 6) is 0.378. The molecule has 1 N–H and O–H groups in total. The van der Waals surface area contributed by atoms with Crippen molar-refractivity contribution >= 4 is 5.96 Å². The highest BCUT2D eigenvalue weighted by molar-refractivity contribution is 5.81. The van der Waals surface area contributed by atoms with Crippen LogP contribution in [0.3, 0.4) is 0 Å². The lowest BCUT2D eigenvalue weighted by atomic mass is 10.2. The molecule has 2 aliphatic rings. The highest BCUT2D eigenvalue weighted by Gasteiger charge is 2.23. The lowest BCUT2D eigenvalue weighted by molar-refractivity contribution is -0.485. The van der Waals surface area contributed by atoms with Gasteiger partial charge in [-0.3, -0.25) is 0 Å². The van der Waals surface area contributed by atoms with E-state index >= 15 is 0 Å². The van der Waals surface area contributed by atoms with Crippen LogP contribution in [0.2, 0.25) is 0 Å². The zero-order valence-electron chi connectivity index (χ0n) is 9.09. The molecule has 2 fully saturated rings. The fourth-order valence-electron chi connectivity index (χ4n) is 2.09. The number of rotatable bonds is 4. The molecular formula is C9H16N4O3. The Morgan fingerprint density at radius 2 is 2.56 bits per heavy atom. The highest BCUT2D eigenvalue weighted by Crippen LogP contribution is 2.16. The highest BCUT2D eigenvalue weighted by atomic mass is 16.7. The van der Waals surface area contributed by atoms with E-state index in [-0.39, 0.29) is 0 Å². The second kappa shape index (κ2) is 5.11. The fourth-order valence-corrected chi connectivity index (χ4v) is 2.09.